The second-order valence-electron chi connectivity index (χ2n) is 5.58. The Kier molecular flexibility index (Phi) is 4.09. The quantitative estimate of drug-likeness (QED) is 0.836. The molecule has 0 aliphatic carbocycles. The van der Waals surface area contributed by atoms with Crippen molar-refractivity contribution in [1.82, 2.24) is 0 Å². The van der Waals surface area contributed by atoms with E-state index in [1.54, 1.807) is 30.9 Å². The van der Waals surface area contributed by atoms with Crippen LogP contribution in [0.3, 0.4) is 0 Å². The maximum Gasteiger partial charge on any atom is 0.238 e. The van der Waals surface area contributed by atoms with Crippen LogP contribution < -0.4 is 23.8 Å². The second-order valence-corrected chi connectivity index (χ2v) is 6.65. The minimum atomic E-state index is -0.132. The van der Waals surface area contributed by atoms with Crippen LogP contribution in [0, 0.1) is 0 Å². The van der Waals surface area contributed by atoms with Crippen molar-refractivity contribution in [3.63, 3.8) is 0 Å². The molecule has 2 heterocycles. The molecule has 1 amide bonds. The molecular formula is C18H17NO5S. The van der Waals surface area contributed by atoms with Gasteiger partial charge in [0, 0.05) is 11.8 Å². The fourth-order valence-corrected chi connectivity index (χ4v) is 4.16. The molecule has 0 radical (unpaired) electrons. The van der Waals surface area contributed by atoms with Gasteiger partial charge in [-0.1, -0.05) is 6.07 Å². The predicted molar refractivity (Wildman–Crippen MR) is 94.8 cm³/mol. The van der Waals surface area contributed by atoms with E-state index in [1.807, 2.05) is 36.4 Å². The lowest BCUT2D eigenvalue weighted by Gasteiger charge is -2.25. The van der Waals surface area contributed by atoms with Gasteiger partial charge < -0.3 is 18.9 Å². The zero-order valence-electron chi connectivity index (χ0n) is 13.9. The maximum absolute atomic E-state index is 12.5. The van der Waals surface area contributed by atoms with Crippen LogP contribution in [0.2, 0.25) is 0 Å². The van der Waals surface area contributed by atoms with Crippen LogP contribution >= 0.6 is 11.8 Å². The summed E-state index contributed by atoms with van der Waals surface area (Å²) in [7, 11) is 3.20. The molecule has 4 rings (SSSR count). The molecular weight excluding hydrogens is 342 g/mol. The smallest absolute Gasteiger partial charge is 0.238 e. The zero-order valence-corrected chi connectivity index (χ0v) is 14.7. The van der Waals surface area contributed by atoms with Gasteiger partial charge in [0.15, 0.2) is 23.0 Å². The largest absolute Gasteiger partial charge is 0.493 e. The van der Waals surface area contributed by atoms with Crippen LogP contribution in [0.5, 0.6) is 23.0 Å². The van der Waals surface area contributed by atoms with E-state index in [-0.39, 0.29) is 18.1 Å². The molecule has 25 heavy (non-hydrogen) atoms. The Bertz CT molecular complexity index is 825. The van der Waals surface area contributed by atoms with Crippen LogP contribution in [0.1, 0.15) is 10.9 Å². The minimum Gasteiger partial charge on any atom is -0.493 e. The van der Waals surface area contributed by atoms with Gasteiger partial charge in [0.05, 0.1) is 20.0 Å². The molecule has 0 aromatic heterocycles. The van der Waals surface area contributed by atoms with Crippen molar-refractivity contribution >= 4 is 23.4 Å². The number of ether oxygens (including phenoxy) is 4. The number of carbonyl (C=O) groups is 1. The number of nitrogens with zero attached hydrogens (tertiary/aromatic N) is 1. The number of rotatable bonds is 4. The molecule has 2 aromatic rings. The highest BCUT2D eigenvalue weighted by molar-refractivity contribution is 8.00. The maximum atomic E-state index is 12.5. The molecule has 0 bridgehead atoms. The van der Waals surface area contributed by atoms with Crippen molar-refractivity contribution in [2.75, 3.05) is 31.7 Å². The number of hydrogen-bond donors (Lipinski definition) is 0. The van der Waals surface area contributed by atoms with E-state index in [0.717, 1.165) is 11.3 Å². The van der Waals surface area contributed by atoms with Crippen molar-refractivity contribution in [2.45, 2.75) is 5.37 Å². The lowest BCUT2D eigenvalue weighted by molar-refractivity contribution is -0.115. The molecule has 1 fully saturated rings. The molecule has 6 nitrogen and oxygen atoms in total. The topological polar surface area (TPSA) is 57.2 Å². The standard InChI is InChI=1S/C18H17NO5S/c1-21-13-5-3-11(7-15(13)22-2)18-19(17(20)9-25-18)12-4-6-14-16(8-12)24-10-23-14/h3-8,18H,9-10H2,1-2H3. The van der Waals surface area contributed by atoms with Gasteiger partial charge in [-0.05, 0) is 29.8 Å². The van der Waals surface area contributed by atoms with Crippen molar-refractivity contribution in [3.8, 4) is 23.0 Å². The average molecular weight is 359 g/mol. The van der Waals surface area contributed by atoms with Gasteiger partial charge in [0.25, 0.3) is 0 Å². The summed E-state index contributed by atoms with van der Waals surface area (Å²) >= 11 is 1.58. The highest BCUT2D eigenvalue weighted by Crippen LogP contribution is 2.46. The van der Waals surface area contributed by atoms with E-state index in [2.05, 4.69) is 0 Å². The molecule has 0 N–H and O–H groups in total. The number of carbonyl (C=O) groups excluding carboxylic acids is 1. The first-order valence-corrected chi connectivity index (χ1v) is 8.81. The van der Waals surface area contributed by atoms with Gasteiger partial charge in [-0.3, -0.25) is 9.69 Å². The molecule has 0 saturated carbocycles. The minimum absolute atomic E-state index is 0.0589. The number of hydrogen-bond acceptors (Lipinski definition) is 6. The fraction of sp³-hybridized carbons (Fsp3) is 0.278. The lowest BCUT2D eigenvalue weighted by atomic mass is 10.1. The van der Waals surface area contributed by atoms with E-state index >= 15 is 0 Å². The Balaban J connectivity index is 1.71. The Morgan fingerprint density at radius 2 is 1.84 bits per heavy atom. The van der Waals surface area contributed by atoms with E-state index in [9.17, 15) is 4.79 Å². The molecule has 2 aromatic carbocycles. The molecule has 130 valence electrons. The molecule has 7 heteroatoms. The normalized spacial score (nSPS) is 18.6. The Hall–Kier alpha value is -2.54. The Morgan fingerprint density at radius 1 is 1.04 bits per heavy atom. The highest BCUT2D eigenvalue weighted by atomic mass is 32.2. The molecule has 2 aliphatic rings. The van der Waals surface area contributed by atoms with Gasteiger partial charge in [0.1, 0.15) is 5.37 Å². The highest BCUT2D eigenvalue weighted by Gasteiger charge is 2.35. The number of methoxy groups -OCH3 is 2. The SMILES string of the molecule is COc1ccc(C2SCC(=O)N2c2ccc3c(c2)OCO3)cc1OC. The van der Waals surface area contributed by atoms with Crippen LogP contribution in [0.15, 0.2) is 36.4 Å². The summed E-state index contributed by atoms with van der Waals surface area (Å²) < 4.78 is 21.5. The average Bonchev–Trinajstić information content (AvgIpc) is 3.26. The molecule has 1 saturated heterocycles. The molecule has 1 unspecified atom stereocenters. The number of benzene rings is 2. The number of thioether (sulfide) groups is 1. The summed E-state index contributed by atoms with van der Waals surface area (Å²) in [6.45, 7) is 0.209. The second kappa shape index (κ2) is 6.40. The predicted octanol–water partition coefficient (Wildman–Crippen LogP) is 3.21. The third-order valence-electron chi connectivity index (χ3n) is 4.19. The summed E-state index contributed by atoms with van der Waals surface area (Å²) in [5.41, 5.74) is 1.77. The van der Waals surface area contributed by atoms with Crippen LogP contribution in [-0.2, 0) is 4.79 Å². The molecule has 1 atom stereocenters. The molecule has 0 spiro atoms. The van der Waals surface area contributed by atoms with Crippen molar-refractivity contribution in [3.05, 3.63) is 42.0 Å². The fourth-order valence-electron chi connectivity index (χ4n) is 2.99. The first-order chi connectivity index (χ1) is 12.2. The number of anilines is 1. The van der Waals surface area contributed by atoms with Crippen LogP contribution in [0.4, 0.5) is 5.69 Å². The van der Waals surface area contributed by atoms with E-state index in [0.29, 0.717) is 28.8 Å². The van der Waals surface area contributed by atoms with Crippen LogP contribution in [0.25, 0.3) is 0 Å². The van der Waals surface area contributed by atoms with Crippen molar-refractivity contribution in [2.24, 2.45) is 0 Å². The molecule has 2 aliphatic heterocycles. The van der Waals surface area contributed by atoms with Crippen LogP contribution in [-0.4, -0.2) is 32.7 Å². The summed E-state index contributed by atoms with van der Waals surface area (Å²) in [5, 5.41) is -0.132. The summed E-state index contributed by atoms with van der Waals surface area (Å²) in [6.07, 6.45) is 0. The summed E-state index contributed by atoms with van der Waals surface area (Å²) in [5.74, 6) is 3.15. The van der Waals surface area contributed by atoms with Gasteiger partial charge in [0.2, 0.25) is 12.7 Å². The number of amides is 1. The van der Waals surface area contributed by atoms with Crippen molar-refractivity contribution < 1.29 is 23.7 Å². The summed E-state index contributed by atoms with van der Waals surface area (Å²) in [4.78, 5) is 14.3. The first kappa shape index (κ1) is 16.0. The van der Waals surface area contributed by atoms with E-state index in [4.69, 9.17) is 18.9 Å². The van der Waals surface area contributed by atoms with Gasteiger partial charge in [-0.2, -0.15) is 0 Å². The van der Waals surface area contributed by atoms with Crippen molar-refractivity contribution in [1.29, 1.82) is 0 Å². The lowest BCUT2D eigenvalue weighted by Crippen LogP contribution is -2.27. The van der Waals surface area contributed by atoms with Gasteiger partial charge in [-0.25, -0.2) is 0 Å². The first-order valence-electron chi connectivity index (χ1n) is 7.76. The third kappa shape index (κ3) is 2.74. The van der Waals surface area contributed by atoms with E-state index < -0.39 is 0 Å². The third-order valence-corrected chi connectivity index (χ3v) is 5.41. The zero-order chi connectivity index (χ0) is 17.4. The Labute approximate surface area is 149 Å². The van der Waals surface area contributed by atoms with E-state index in [1.165, 1.54) is 0 Å². The van der Waals surface area contributed by atoms with Gasteiger partial charge >= 0.3 is 0 Å². The summed E-state index contributed by atoms with van der Waals surface area (Å²) in [6, 6.07) is 11.3. The number of fused-ring (bicyclic) bond motifs is 1. The monoisotopic (exact) mass is 359 g/mol. The van der Waals surface area contributed by atoms with Gasteiger partial charge in [-0.15, -0.1) is 11.8 Å². The Morgan fingerprint density at radius 3 is 2.64 bits per heavy atom.